The Kier molecular flexibility index (Phi) is 6.43. The zero-order valence-electron chi connectivity index (χ0n) is 19.8. The highest BCUT2D eigenvalue weighted by Gasteiger charge is 2.20. The fourth-order valence-electron chi connectivity index (χ4n) is 4.63. The van der Waals surface area contributed by atoms with E-state index in [2.05, 4.69) is 79.1 Å². The average molecular weight is 457 g/mol. The van der Waals surface area contributed by atoms with Crippen molar-refractivity contribution in [2.45, 2.75) is 39.7 Å². The van der Waals surface area contributed by atoms with Crippen molar-refractivity contribution in [1.29, 1.82) is 0 Å². The highest BCUT2D eigenvalue weighted by molar-refractivity contribution is 7.15. The number of nitrogens with zero attached hydrogens (tertiary/aromatic N) is 4. The van der Waals surface area contributed by atoms with Crippen molar-refractivity contribution in [3.8, 4) is 10.6 Å². The number of pyridine rings is 1. The topological polar surface area (TPSA) is 32.3 Å². The molecular weight excluding hydrogens is 424 g/mol. The molecule has 0 amide bonds. The van der Waals surface area contributed by atoms with Crippen LogP contribution in [0.5, 0.6) is 0 Å². The van der Waals surface area contributed by atoms with Gasteiger partial charge in [0.15, 0.2) is 0 Å². The lowest BCUT2D eigenvalue weighted by molar-refractivity contribution is 0.282. The smallest absolute Gasteiger partial charge is 0.123 e. The van der Waals surface area contributed by atoms with Crippen LogP contribution < -0.4 is 4.90 Å². The number of benzene rings is 2. The largest absolute Gasteiger partial charge is 0.368 e. The van der Waals surface area contributed by atoms with Gasteiger partial charge in [0.05, 0.1) is 16.9 Å². The van der Waals surface area contributed by atoms with Crippen LogP contribution in [-0.2, 0) is 6.54 Å². The Morgan fingerprint density at radius 2 is 1.82 bits per heavy atom. The molecule has 1 saturated heterocycles. The summed E-state index contributed by atoms with van der Waals surface area (Å²) in [6, 6.07) is 19.4. The third-order valence-corrected chi connectivity index (χ3v) is 7.65. The molecule has 0 bridgehead atoms. The first-order valence-electron chi connectivity index (χ1n) is 12.0. The fourth-order valence-corrected chi connectivity index (χ4v) is 5.56. The Hall–Kier alpha value is -2.76. The first-order valence-corrected chi connectivity index (χ1v) is 12.8. The molecule has 0 saturated carbocycles. The maximum absolute atomic E-state index is 5.01. The van der Waals surface area contributed by atoms with Crippen LogP contribution in [0.1, 0.15) is 42.3 Å². The highest BCUT2D eigenvalue weighted by Crippen LogP contribution is 2.32. The summed E-state index contributed by atoms with van der Waals surface area (Å²) in [4.78, 5) is 16.2. The number of rotatable bonds is 5. The number of hydrogen-bond donors (Lipinski definition) is 0. The van der Waals surface area contributed by atoms with Crippen molar-refractivity contribution in [2.24, 2.45) is 0 Å². The van der Waals surface area contributed by atoms with Gasteiger partial charge in [0, 0.05) is 54.7 Å². The van der Waals surface area contributed by atoms with Crippen LogP contribution in [0.4, 0.5) is 5.69 Å². The Bertz CT molecular complexity index is 1230. The van der Waals surface area contributed by atoms with E-state index in [-0.39, 0.29) is 0 Å². The summed E-state index contributed by atoms with van der Waals surface area (Å²) in [5.74, 6) is 0.503. The Labute approximate surface area is 200 Å². The third-order valence-electron chi connectivity index (χ3n) is 6.59. The summed E-state index contributed by atoms with van der Waals surface area (Å²) in [5.41, 5.74) is 6.23. The van der Waals surface area contributed by atoms with Crippen LogP contribution in [0, 0.1) is 6.92 Å². The zero-order valence-corrected chi connectivity index (χ0v) is 20.6. The summed E-state index contributed by atoms with van der Waals surface area (Å²) < 4.78 is 0. The molecule has 0 atom stereocenters. The van der Waals surface area contributed by atoms with Crippen LogP contribution in [0.2, 0.25) is 0 Å². The quantitative estimate of drug-likeness (QED) is 0.343. The van der Waals surface area contributed by atoms with Crippen molar-refractivity contribution in [3.05, 3.63) is 76.9 Å². The Morgan fingerprint density at radius 3 is 2.64 bits per heavy atom. The fraction of sp³-hybridized carbons (Fsp3) is 0.357. The van der Waals surface area contributed by atoms with Gasteiger partial charge in [0.2, 0.25) is 0 Å². The van der Waals surface area contributed by atoms with Crippen LogP contribution in [0.15, 0.2) is 60.8 Å². The van der Waals surface area contributed by atoms with Crippen molar-refractivity contribution in [2.75, 3.05) is 31.1 Å². The molecule has 4 nitrogen and oxygen atoms in total. The predicted octanol–water partition coefficient (Wildman–Crippen LogP) is 6.50. The van der Waals surface area contributed by atoms with E-state index in [9.17, 15) is 0 Å². The van der Waals surface area contributed by atoms with Gasteiger partial charge >= 0.3 is 0 Å². The summed E-state index contributed by atoms with van der Waals surface area (Å²) in [5, 5.41) is 2.37. The van der Waals surface area contributed by atoms with Gasteiger partial charge in [0.25, 0.3) is 0 Å². The van der Waals surface area contributed by atoms with E-state index < -0.39 is 0 Å². The average Bonchev–Trinajstić information content (AvgIpc) is 3.04. The molecule has 3 heterocycles. The van der Waals surface area contributed by atoms with E-state index in [1.807, 2.05) is 23.6 Å². The van der Waals surface area contributed by atoms with E-state index in [4.69, 9.17) is 9.97 Å². The minimum atomic E-state index is 0.503. The van der Waals surface area contributed by atoms with Gasteiger partial charge in [-0.25, -0.2) is 4.98 Å². The van der Waals surface area contributed by atoms with Gasteiger partial charge < -0.3 is 4.90 Å². The van der Waals surface area contributed by atoms with Crippen LogP contribution in [0.25, 0.3) is 21.5 Å². The molecule has 0 N–H and O–H groups in total. The highest BCUT2D eigenvalue weighted by atomic mass is 32.1. The molecule has 1 aliphatic heterocycles. The number of aryl methyl sites for hydroxylation is 1. The number of aromatic nitrogens is 2. The maximum Gasteiger partial charge on any atom is 0.123 e. The van der Waals surface area contributed by atoms with E-state index in [0.717, 1.165) is 49.7 Å². The molecule has 0 radical (unpaired) electrons. The summed E-state index contributed by atoms with van der Waals surface area (Å²) in [6.07, 6.45) is 3.06. The second-order valence-electron chi connectivity index (χ2n) is 9.27. The standard InChI is InChI=1S/C28H32N4S/c1-20(2)24-17-23-11-7-12-29-27(23)26(18-24)32-14-8-13-31(15-16-32)19-25-21(3)33-28(30-25)22-9-5-4-6-10-22/h4-7,9-12,17-18,20H,8,13-16,19H2,1-3H3. The summed E-state index contributed by atoms with van der Waals surface area (Å²) in [6.45, 7) is 11.9. The lowest BCUT2D eigenvalue weighted by Crippen LogP contribution is -2.31. The lowest BCUT2D eigenvalue weighted by atomic mass is 9.99. The van der Waals surface area contributed by atoms with Crippen LogP contribution in [-0.4, -0.2) is 41.0 Å². The molecule has 4 aromatic rings. The number of anilines is 1. The first-order chi connectivity index (χ1) is 16.1. The molecule has 2 aromatic heterocycles. The number of hydrogen-bond acceptors (Lipinski definition) is 5. The minimum Gasteiger partial charge on any atom is -0.368 e. The zero-order chi connectivity index (χ0) is 22.8. The molecule has 5 heteroatoms. The molecule has 170 valence electrons. The first kappa shape index (κ1) is 22.1. The molecule has 0 aliphatic carbocycles. The molecule has 0 unspecified atom stereocenters. The van der Waals surface area contributed by atoms with Gasteiger partial charge in [0.1, 0.15) is 5.01 Å². The summed E-state index contributed by atoms with van der Waals surface area (Å²) >= 11 is 1.81. The third kappa shape index (κ3) is 4.80. The van der Waals surface area contributed by atoms with E-state index >= 15 is 0 Å². The number of thiazole rings is 1. The molecule has 5 rings (SSSR count). The van der Waals surface area contributed by atoms with Crippen molar-refractivity contribution in [3.63, 3.8) is 0 Å². The minimum absolute atomic E-state index is 0.503. The van der Waals surface area contributed by atoms with Crippen LogP contribution in [0.3, 0.4) is 0 Å². The lowest BCUT2D eigenvalue weighted by Gasteiger charge is -2.25. The normalized spacial score (nSPS) is 15.3. The molecule has 0 spiro atoms. The van der Waals surface area contributed by atoms with Crippen molar-refractivity contribution >= 4 is 27.9 Å². The SMILES string of the molecule is Cc1sc(-c2ccccc2)nc1CN1CCCN(c2cc(C(C)C)cc3cccnc23)CC1. The van der Waals surface area contributed by atoms with Gasteiger partial charge in [-0.2, -0.15) is 0 Å². The Balaban J connectivity index is 1.34. The van der Waals surface area contributed by atoms with Gasteiger partial charge in [-0.05, 0) is 43.0 Å². The molecule has 1 fully saturated rings. The second kappa shape index (κ2) is 9.62. The van der Waals surface area contributed by atoms with Gasteiger partial charge in [-0.1, -0.05) is 50.2 Å². The summed E-state index contributed by atoms with van der Waals surface area (Å²) in [7, 11) is 0. The predicted molar refractivity (Wildman–Crippen MR) is 140 cm³/mol. The maximum atomic E-state index is 5.01. The van der Waals surface area contributed by atoms with Crippen molar-refractivity contribution < 1.29 is 0 Å². The molecule has 1 aliphatic rings. The Morgan fingerprint density at radius 1 is 0.970 bits per heavy atom. The number of fused-ring (bicyclic) bond motifs is 1. The second-order valence-corrected chi connectivity index (χ2v) is 10.5. The van der Waals surface area contributed by atoms with E-state index in [1.165, 1.54) is 32.8 Å². The van der Waals surface area contributed by atoms with Crippen LogP contribution >= 0.6 is 11.3 Å². The molecule has 2 aromatic carbocycles. The van der Waals surface area contributed by atoms with E-state index in [0.29, 0.717) is 5.92 Å². The molecule has 33 heavy (non-hydrogen) atoms. The van der Waals surface area contributed by atoms with Crippen molar-refractivity contribution in [1.82, 2.24) is 14.9 Å². The molecular formula is C28H32N4S. The van der Waals surface area contributed by atoms with Gasteiger partial charge in [-0.15, -0.1) is 11.3 Å². The van der Waals surface area contributed by atoms with E-state index in [1.54, 1.807) is 0 Å². The monoisotopic (exact) mass is 456 g/mol. The van der Waals surface area contributed by atoms with Gasteiger partial charge in [-0.3, -0.25) is 9.88 Å².